The Morgan fingerprint density at radius 2 is 0.536 bits per heavy atom. The van der Waals surface area contributed by atoms with Gasteiger partial charge < -0.3 is 14.2 Å². The van der Waals surface area contributed by atoms with Crippen LogP contribution in [0.2, 0.25) is 0 Å². The lowest BCUT2D eigenvalue weighted by Gasteiger charge is -2.18. The summed E-state index contributed by atoms with van der Waals surface area (Å²) >= 11 is 0. The molecule has 0 aliphatic carbocycles. The molecule has 392 valence electrons. The molecule has 0 aromatic carbocycles. The van der Waals surface area contributed by atoms with Crippen LogP contribution in [0, 0.1) is 0 Å². The summed E-state index contributed by atoms with van der Waals surface area (Å²) in [7, 11) is 0. The van der Waals surface area contributed by atoms with Crippen LogP contribution in [0.15, 0.2) is 109 Å². The van der Waals surface area contributed by atoms with E-state index in [1.54, 1.807) is 0 Å². The number of hydrogen-bond donors (Lipinski definition) is 0. The van der Waals surface area contributed by atoms with E-state index in [1.165, 1.54) is 128 Å². The molecule has 0 spiro atoms. The van der Waals surface area contributed by atoms with E-state index in [4.69, 9.17) is 14.2 Å². The Morgan fingerprint density at radius 1 is 0.290 bits per heavy atom. The lowest BCUT2D eigenvalue weighted by atomic mass is 10.1. The summed E-state index contributed by atoms with van der Waals surface area (Å²) in [5.41, 5.74) is 0. The number of carbonyl (C=O) groups is 3. The summed E-state index contributed by atoms with van der Waals surface area (Å²) in [6.45, 7) is 6.48. The zero-order valence-corrected chi connectivity index (χ0v) is 44.8. The van der Waals surface area contributed by atoms with Crippen molar-refractivity contribution >= 4 is 17.9 Å². The largest absolute Gasteiger partial charge is 0.462 e. The Kier molecular flexibility index (Phi) is 53.4. The molecule has 0 bridgehead atoms. The first kappa shape index (κ1) is 65.1. The molecule has 1 unspecified atom stereocenters. The second-order valence-corrected chi connectivity index (χ2v) is 18.5. The van der Waals surface area contributed by atoms with Crippen molar-refractivity contribution in [3.8, 4) is 0 Å². The van der Waals surface area contributed by atoms with E-state index in [-0.39, 0.29) is 44.0 Å². The lowest BCUT2D eigenvalue weighted by Crippen LogP contribution is -2.30. The third-order valence-corrected chi connectivity index (χ3v) is 11.7. The van der Waals surface area contributed by atoms with Crippen molar-refractivity contribution in [3.05, 3.63) is 109 Å². The molecule has 0 N–H and O–H groups in total. The molecule has 0 rings (SSSR count). The summed E-state index contributed by atoms with van der Waals surface area (Å²) in [5.74, 6) is -1.04. The van der Waals surface area contributed by atoms with Gasteiger partial charge in [-0.3, -0.25) is 14.4 Å². The highest BCUT2D eigenvalue weighted by Gasteiger charge is 2.19. The second-order valence-electron chi connectivity index (χ2n) is 18.5. The van der Waals surface area contributed by atoms with Gasteiger partial charge in [0, 0.05) is 19.3 Å². The summed E-state index contributed by atoms with van der Waals surface area (Å²) in [4.78, 5) is 38.1. The van der Waals surface area contributed by atoms with Crippen molar-refractivity contribution < 1.29 is 28.6 Å². The van der Waals surface area contributed by atoms with Crippen molar-refractivity contribution in [2.24, 2.45) is 0 Å². The minimum absolute atomic E-state index is 0.120. The van der Waals surface area contributed by atoms with Gasteiger partial charge >= 0.3 is 17.9 Å². The molecule has 0 aliphatic rings. The highest BCUT2D eigenvalue weighted by Crippen LogP contribution is 2.13. The number of hydrogen-bond acceptors (Lipinski definition) is 6. The number of carbonyl (C=O) groups excluding carboxylic acids is 3. The van der Waals surface area contributed by atoms with Crippen LogP contribution in [0.4, 0.5) is 0 Å². The van der Waals surface area contributed by atoms with Crippen molar-refractivity contribution in [3.63, 3.8) is 0 Å². The van der Waals surface area contributed by atoms with Gasteiger partial charge in [0.1, 0.15) is 13.2 Å². The van der Waals surface area contributed by atoms with Crippen LogP contribution in [0.5, 0.6) is 0 Å². The fraction of sp³-hybridized carbons (Fsp3) is 0.667. The molecule has 0 aliphatic heterocycles. The molecule has 0 saturated carbocycles. The maximum atomic E-state index is 12.8. The van der Waals surface area contributed by atoms with Crippen molar-refractivity contribution in [2.45, 2.75) is 258 Å². The Balaban J connectivity index is 4.57. The van der Waals surface area contributed by atoms with E-state index >= 15 is 0 Å². The summed E-state index contributed by atoms with van der Waals surface area (Å²) < 4.78 is 16.8. The molecular weight excluding hydrogens is 853 g/mol. The van der Waals surface area contributed by atoms with Gasteiger partial charge in [-0.05, 0) is 122 Å². The maximum Gasteiger partial charge on any atom is 0.306 e. The number of ether oxygens (including phenoxy) is 3. The first-order valence-electron chi connectivity index (χ1n) is 28.4. The third-order valence-electron chi connectivity index (χ3n) is 11.7. The normalized spacial score (nSPS) is 12.9. The topological polar surface area (TPSA) is 78.9 Å². The van der Waals surface area contributed by atoms with E-state index in [9.17, 15) is 14.4 Å². The molecule has 0 aromatic rings. The predicted molar refractivity (Wildman–Crippen MR) is 297 cm³/mol. The summed E-state index contributed by atoms with van der Waals surface area (Å²) in [6, 6.07) is 0. The zero-order valence-electron chi connectivity index (χ0n) is 44.8. The Hall–Kier alpha value is -3.93. The van der Waals surface area contributed by atoms with Gasteiger partial charge in [-0.15, -0.1) is 0 Å². The average Bonchev–Trinajstić information content (AvgIpc) is 3.35. The molecular formula is C63H104O6. The van der Waals surface area contributed by atoms with E-state index in [0.29, 0.717) is 19.3 Å². The number of unbranched alkanes of at least 4 members (excludes halogenated alkanes) is 21. The van der Waals surface area contributed by atoms with Gasteiger partial charge in [0.05, 0.1) is 0 Å². The molecule has 0 radical (unpaired) electrons. The molecule has 0 aromatic heterocycles. The smallest absolute Gasteiger partial charge is 0.306 e. The summed E-state index contributed by atoms with van der Waals surface area (Å²) in [5, 5.41) is 0. The molecule has 6 nitrogen and oxygen atoms in total. The number of esters is 3. The molecule has 0 heterocycles. The van der Waals surface area contributed by atoms with Crippen LogP contribution < -0.4 is 0 Å². The van der Waals surface area contributed by atoms with Crippen LogP contribution in [-0.2, 0) is 28.6 Å². The first-order chi connectivity index (χ1) is 34.0. The first-order valence-corrected chi connectivity index (χ1v) is 28.4. The van der Waals surface area contributed by atoms with Gasteiger partial charge in [0.2, 0.25) is 0 Å². The van der Waals surface area contributed by atoms with E-state index < -0.39 is 6.10 Å². The van der Waals surface area contributed by atoms with Crippen molar-refractivity contribution in [2.75, 3.05) is 13.2 Å². The minimum Gasteiger partial charge on any atom is -0.462 e. The highest BCUT2D eigenvalue weighted by molar-refractivity contribution is 5.71. The Bertz CT molecular complexity index is 1420. The SMILES string of the molecule is CCCCCC=CCC=CCC=CCC=CCCCC(=O)OCC(COC(=O)CCCCCCCCCC=CCCCCCCCC)OC(=O)CCCC=CCC=CCC=CCC=CCCCCC. The monoisotopic (exact) mass is 957 g/mol. The number of rotatable bonds is 50. The van der Waals surface area contributed by atoms with Gasteiger partial charge in [-0.25, -0.2) is 0 Å². The van der Waals surface area contributed by atoms with Crippen LogP contribution in [-0.4, -0.2) is 37.2 Å². The van der Waals surface area contributed by atoms with Gasteiger partial charge in [-0.1, -0.05) is 220 Å². The predicted octanol–water partition coefficient (Wildman–Crippen LogP) is 19.1. The molecule has 69 heavy (non-hydrogen) atoms. The van der Waals surface area contributed by atoms with Crippen LogP contribution in [0.25, 0.3) is 0 Å². The van der Waals surface area contributed by atoms with Gasteiger partial charge in [0.25, 0.3) is 0 Å². The number of allylic oxidation sites excluding steroid dienone is 18. The second kappa shape index (κ2) is 56.7. The molecule has 0 fully saturated rings. The van der Waals surface area contributed by atoms with Crippen molar-refractivity contribution in [1.82, 2.24) is 0 Å². The zero-order chi connectivity index (χ0) is 50.0. The Labute approximate surface area is 425 Å². The van der Waals surface area contributed by atoms with E-state index in [2.05, 4.69) is 130 Å². The average molecular weight is 958 g/mol. The fourth-order valence-corrected chi connectivity index (χ4v) is 7.42. The standard InChI is InChI=1S/C63H104O6/c1-4-7-10-13-16-19-22-25-28-31-34-37-40-43-46-49-52-55-61(64)67-58-60(69-63(66)57-54-51-48-45-42-39-36-33-30-27-24-21-18-15-12-9-6-3)59-68-62(65)56-53-50-47-44-41-38-35-32-29-26-23-20-17-14-11-8-5-2/h16,18-19,21,25-30,34,36-37,39,43,45-46,48,60H,4-15,17,20,22-24,31-33,35,38,40-42,44,47,49-59H2,1-3H3. The van der Waals surface area contributed by atoms with E-state index in [0.717, 1.165) is 70.6 Å². The lowest BCUT2D eigenvalue weighted by molar-refractivity contribution is -0.167. The molecule has 0 amide bonds. The van der Waals surface area contributed by atoms with Crippen LogP contribution in [0.3, 0.4) is 0 Å². The highest BCUT2D eigenvalue weighted by atomic mass is 16.6. The van der Waals surface area contributed by atoms with Crippen LogP contribution >= 0.6 is 0 Å². The van der Waals surface area contributed by atoms with E-state index in [1.807, 2.05) is 0 Å². The quantitative estimate of drug-likeness (QED) is 0.0262. The summed E-state index contributed by atoms with van der Waals surface area (Å²) in [6.07, 6.45) is 76.5. The fourth-order valence-electron chi connectivity index (χ4n) is 7.42. The van der Waals surface area contributed by atoms with Gasteiger partial charge in [0.15, 0.2) is 6.10 Å². The van der Waals surface area contributed by atoms with Crippen molar-refractivity contribution in [1.29, 1.82) is 0 Å². The molecule has 0 saturated heterocycles. The Morgan fingerprint density at radius 3 is 0.913 bits per heavy atom. The molecule has 6 heteroatoms. The minimum atomic E-state index is -0.833. The maximum absolute atomic E-state index is 12.8. The van der Waals surface area contributed by atoms with Crippen LogP contribution in [0.1, 0.15) is 252 Å². The van der Waals surface area contributed by atoms with Gasteiger partial charge in [-0.2, -0.15) is 0 Å². The molecule has 1 atom stereocenters. The third kappa shape index (κ3) is 54.9.